The van der Waals surface area contributed by atoms with E-state index in [9.17, 15) is 0 Å². The van der Waals surface area contributed by atoms with Gasteiger partial charge in [-0.2, -0.15) is 0 Å². The second-order valence-electron chi connectivity index (χ2n) is 7.78. The normalized spacial score (nSPS) is 21.3. The van der Waals surface area contributed by atoms with Crippen molar-refractivity contribution in [3.8, 4) is 5.75 Å². The fourth-order valence-corrected chi connectivity index (χ4v) is 5.24. The summed E-state index contributed by atoms with van der Waals surface area (Å²) in [6.45, 7) is 6.79. The molecule has 0 amide bonds. The summed E-state index contributed by atoms with van der Waals surface area (Å²) in [6, 6.07) is 19.9. The first-order valence-corrected chi connectivity index (χ1v) is 9.40. The van der Waals surface area contributed by atoms with Crippen LogP contribution in [0.1, 0.15) is 48.8 Å². The van der Waals surface area contributed by atoms with Crippen LogP contribution >= 0.6 is 11.8 Å². The number of hydrogen-bond acceptors (Lipinski definition) is 2. The molecule has 5 rings (SSSR count). The Hall–Kier alpha value is -1.93. The van der Waals surface area contributed by atoms with Crippen LogP contribution in [0.4, 0.5) is 0 Å². The highest BCUT2D eigenvalue weighted by Crippen LogP contribution is 2.59. The van der Waals surface area contributed by atoms with E-state index in [-0.39, 0.29) is 11.5 Å². The first kappa shape index (κ1) is 14.4. The average molecular weight is 332 g/mol. The zero-order chi connectivity index (χ0) is 16.5. The van der Waals surface area contributed by atoms with Crippen LogP contribution in [-0.4, -0.2) is 0 Å². The van der Waals surface area contributed by atoms with Crippen LogP contribution in [0, 0.1) is 0 Å². The molecule has 2 heteroatoms. The molecule has 0 aromatic heterocycles. The Morgan fingerprint density at radius 3 is 2.42 bits per heavy atom. The molecule has 2 atom stereocenters. The largest absolute Gasteiger partial charge is 0.483 e. The van der Waals surface area contributed by atoms with E-state index in [4.69, 9.17) is 4.74 Å². The van der Waals surface area contributed by atoms with Gasteiger partial charge in [-0.1, -0.05) is 63.2 Å². The number of fused-ring (bicyclic) bond motifs is 4. The van der Waals surface area contributed by atoms with Crippen molar-refractivity contribution in [1.29, 1.82) is 0 Å². The summed E-state index contributed by atoms with van der Waals surface area (Å²) in [5.74, 6) is 1.03. The van der Waals surface area contributed by atoms with Gasteiger partial charge < -0.3 is 4.74 Å². The van der Waals surface area contributed by atoms with E-state index in [0.29, 0.717) is 5.25 Å². The van der Waals surface area contributed by atoms with E-state index < -0.39 is 0 Å². The fourth-order valence-electron chi connectivity index (χ4n) is 3.89. The van der Waals surface area contributed by atoms with E-state index in [2.05, 4.69) is 75.4 Å². The molecule has 0 unspecified atom stereocenters. The van der Waals surface area contributed by atoms with Crippen molar-refractivity contribution in [3.63, 3.8) is 0 Å². The van der Waals surface area contributed by atoms with Crippen LogP contribution in [0.15, 0.2) is 59.5 Å². The van der Waals surface area contributed by atoms with Gasteiger partial charge in [0.05, 0.1) is 10.1 Å². The van der Waals surface area contributed by atoms with E-state index in [0.717, 1.165) is 5.75 Å². The van der Waals surface area contributed by atoms with Crippen LogP contribution in [0.5, 0.6) is 5.75 Å². The van der Waals surface area contributed by atoms with Crippen molar-refractivity contribution in [2.75, 3.05) is 0 Å². The summed E-state index contributed by atoms with van der Waals surface area (Å²) in [7, 11) is 0. The maximum atomic E-state index is 6.48. The van der Waals surface area contributed by atoms with Gasteiger partial charge in [0.1, 0.15) is 11.9 Å². The Kier molecular flexibility index (Phi) is 2.88. The zero-order valence-corrected chi connectivity index (χ0v) is 15.0. The minimum Gasteiger partial charge on any atom is -0.483 e. The molecule has 0 spiro atoms. The van der Waals surface area contributed by atoms with Gasteiger partial charge >= 0.3 is 0 Å². The summed E-state index contributed by atoms with van der Waals surface area (Å²) in [5, 5.41) is 3.07. The maximum absolute atomic E-state index is 6.48. The van der Waals surface area contributed by atoms with Crippen LogP contribution in [0.3, 0.4) is 0 Å². The molecular formula is C22H20OS. The van der Waals surface area contributed by atoms with Gasteiger partial charge in [0.15, 0.2) is 0 Å². The Labute approximate surface area is 147 Å². The Bertz CT molecular complexity index is 962. The van der Waals surface area contributed by atoms with Crippen molar-refractivity contribution >= 4 is 22.5 Å². The van der Waals surface area contributed by atoms with Gasteiger partial charge in [-0.05, 0) is 39.4 Å². The van der Waals surface area contributed by atoms with Crippen molar-refractivity contribution < 1.29 is 4.74 Å². The highest BCUT2D eigenvalue weighted by Gasteiger charge is 2.40. The van der Waals surface area contributed by atoms with Crippen LogP contribution in [0.25, 0.3) is 10.8 Å². The molecule has 2 aliphatic rings. The molecule has 1 aliphatic heterocycles. The summed E-state index contributed by atoms with van der Waals surface area (Å²) < 4.78 is 6.48. The minimum absolute atomic E-state index is 0.129. The molecule has 24 heavy (non-hydrogen) atoms. The number of benzene rings is 3. The van der Waals surface area contributed by atoms with Crippen LogP contribution in [0.2, 0.25) is 0 Å². The lowest BCUT2D eigenvalue weighted by Crippen LogP contribution is -2.16. The molecule has 0 saturated heterocycles. The van der Waals surface area contributed by atoms with Gasteiger partial charge in [0, 0.05) is 5.56 Å². The molecule has 1 heterocycles. The number of rotatable bonds is 0. The van der Waals surface area contributed by atoms with Gasteiger partial charge in [0.25, 0.3) is 0 Å². The van der Waals surface area contributed by atoms with Crippen molar-refractivity contribution in [2.45, 2.75) is 42.4 Å². The highest BCUT2D eigenvalue weighted by atomic mass is 32.2. The standard InChI is InChI=1S/C22H20OS/c1-22(2,3)14-10-11-17-18(12-14)24-21-16-9-5-7-13-6-4-8-15(19(13)16)20(21)23-17/h4-12,20-21H,1-3H3/t20-,21+/m1/s1. The predicted molar refractivity (Wildman–Crippen MR) is 101 cm³/mol. The van der Waals surface area contributed by atoms with Crippen LogP contribution < -0.4 is 4.74 Å². The molecular weight excluding hydrogens is 312 g/mol. The second kappa shape index (κ2) is 4.80. The Morgan fingerprint density at radius 2 is 1.67 bits per heavy atom. The lowest BCUT2D eigenvalue weighted by molar-refractivity contribution is 0.198. The third-order valence-electron chi connectivity index (χ3n) is 5.17. The molecule has 120 valence electrons. The van der Waals surface area contributed by atoms with E-state index in [1.807, 2.05) is 11.8 Å². The summed E-state index contributed by atoms with van der Waals surface area (Å²) in [5.41, 5.74) is 4.28. The number of hydrogen-bond donors (Lipinski definition) is 0. The van der Waals surface area contributed by atoms with Crippen molar-refractivity contribution in [3.05, 3.63) is 71.3 Å². The summed E-state index contributed by atoms with van der Waals surface area (Å²) in [6.07, 6.45) is 0.129. The van der Waals surface area contributed by atoms with Gasteiger partial charge in [-0.25, -0.2) is 0 Å². The first-order valence-electron chi connectivity index (χ1n) is 8.52. The quantitative estimate of drug-likeness (QED) is 0.470. The highest BCUT2D eigenvalue weighted by molar-refractivity contribution is 7.99. The van der Waals surface area contributed by atoms with E-state index >= 15 is 0 Å². The minimum atomic E-state index is 0.129. The second-order valence-corrected chi connectivity index (χ2v) is 8.96. The van der Waals surface area contributed by atoms with Crippen molar-refractivity contribution in [2.24, 2.45) is 0 Å². The third kappa shape index (κ3) is 1.96. The molecule has 0 saturated carbocycles. The SMILES string of the molecule is CC(C)(C)c1ccc2c(c1)S[C@H]1c3cccc4cccc(c34)[C@H]1O2. The molecule has 1 aliphatic carbocycles. The molecule has 0 fully saturated rings. The average Bonchev–Trinajstić information content (AvgIpc) is 2.88. The Balaban J connectivity index is 1.66. The molecule has 3 aromatic carbocycles. The van der Waals surface area contributed by atoms with Crippen molar-refractivity contribution in [1.82, 2.24) is 0 Å². The molecule has 0 radical (unpaired) electrons. The molecule has 0 N–H and O–H groups in total. The van der Waals surface area contributed by atoms with Gasteiger partial charge in [0.2, 0.25) is 0 Å². The predicted octanol–water partition coefficient (Wildman–Crippen LogP) is 6.42. The van der Waals surface area contributed by atoms with E-state index in [1.54, 1.807) is 0 Å². The monoisotopic (exact) mass is 332 g/mol. The molecule has 0 bridgehead atoms. The zero-order valence-electron chi connectivity index (χ0n) is 14.2. The lowest BCUT2D eigenvalue weighted by Gasteiger charge is -2.31. The summed E-state index contributed by atoms with van der Waals surface area (Å²) in [4.78, 5) is 1.27. The number of thioether (sulfide) groups is 1. The van der Waals surface area contributed by atoms with Gasteiger partial charge in [-0.3, -0.25) is 0 Å². The van der Waals surface area contributed by atoms with Crippen LogP contribution in [-0.2, 0) is 5.41 Å². The lowest BCUT2D eigenvalue weighted by atomic mass is 9.87. The summed E-state index contributed by atoms with van der Waals surface area (Å²) >= 11 is 1.96. The third-order valence-corrected chi connectivity index (χ3v) is 6.50. The van der Waals surface area contributed by atoms with Gasteiger partial charge in [-0.15, -0.1) is 11.8 Å². The smallest absolute Gasteiger partial charge is 0.141 e. The Morgan fingerprint density at radius 1 is 0.917 bits per heavy atom. The number of ether oxygens (including phenoxy) is 1. The first-order chi connectivity index (χ1) is 11.5. The van der Waals surface area contributed by atoms with E-state index in [1.165, 1.54) is 32.4 Å². The topological polar surface area (TPSA) is 9.23 Å². The fraction of sp³-hybridized carbons (Fsp3) is 0.273. The maximum Gasteiger partial charge on any atom is 0.141 e. The molecule has 3 aromatic rings. The molecule has 1 nitrogen and oxygen atoms in total.